The number of fused-ring (bicyclic) bond motifs is 1. The molecular formula is C19H22N2O5S. The van der Waals surface area contributed by atoms with Gasteiger partial charge in [-0.25, -0.2) is 8.42 Å². The maximum atomic E-state index is 12.2. The van der Waals surface area contributed by atoms with Crippen LogP contribution in [0.1, 0.15) is 15.9 Å². The first-order valence-electron chi connectivity index (χ1n) is 8.57. The third kappa shape index (κ3) is 4.71. The Morgan fingerprint density at radius 3 is 2.41 bits per heavy atom. The Labute approximate surface area is 158 Å². The fraction of sp³-hybridized carbons (Fsp3) is 0.316. The number of nitrogens with one attached hydrogen (secondary N) is 1. The summed E-state index contributed by atoms with van der Waals surface area (Å²) in [7, 11) is -3.53. The van der Waals surface area contributed by atoms with Crippen molar-refractivity contribution in [2.45, 2.75) is 6.92 Å². The van der Waals surface area contributed by atoms with Gasteiger partial charge in [-0.3, -0.25) is 9.10 Å². The number of benzene rings is 2. The van der Waals surface area contributed by atoms with Gasteiger partial charge in [0, 0.05) is 18.2 Å². The second kappa shape index (κ2) is 7.87. The highest BCUT2D eigenvalue weighted by Crippen LogP contribution is 2.34. The number of aryl methyl sites for hydroxylation is 1. The van der Waals surface area contributed by atoms with Gasteiger partial charge in [-0.05, 0) is 31.2 Å². The Kier molecular flexibility index (Phi) is 5.55. The summed E-state index contributed by atoms with van der Waals surface area (Å²) in [6, 6.07) is 12.2. The molecule has 0 spiro atoms. The number of carbonyl (C=O) groups is 1. The van der Waals surface area contributed by atoms with Crippen molar-refractivity contribution >= 4 is 21.6 Å². The van der Waals surface area contributed by atoms with Crippen LogP contribution in [0.15, 0.2) is 42.5 Å². The van der Waals surface area contributed by atoms with Crippen LogP contribution < -0.4 is 19.1 Å². The molecule has 0 aromatic heterocycles. The van der Waals surface area contributed by atoms with Crippen molar-refractivity contribution in [1.82, 2.24) is 5.32 Å². The number of rotatable bonds is 6. The van der Waals surface area contributed by atoms with E-state index in [1.165, 1.54) is 4.31 Å². The van der Waals surface area contributed by atoms with Crippen LogP contribution in [0.3, 0.4) is 0 Å². The molecule has 0 atom stereocenters. The number of sulfonamides is 1. The molecule has 0 unspecified atom stereocenters. The number of hydrogen-bond acceptors (Lipinski definition) is 5. The SMILES string of the molecule is Cc1ccc(C(=O)NCCN(c2ccc3c(c2)OCCO3)S(C)(=O)=O)cc1. The van der Waals surface area contributed by atoms with E-state index in [-0.39, 0.29) is 19.0 Å². The third-order valence-corrected chi connectivity index (χ3v) is 5.32. The molecule has 0 saturated heterocycles. The van der Waals surface area contributed by atoms with Gasteiger partial charge in [-0.2, -0.15) is 0 Å². The molecule has 1 amide bonds. The zero-order chi connectivity index (χ0) is 19.4. The predicted molar refractivity (Wildman–Crippen MR) is 103 cm³/mol. The predicted octanol–water partition coefficient (Wildman–Crippen LogP) is 1.96. The fourth-order valence-electron chi connectivity index (χ4n) is 2.75. The lowest BCUT2D eigenvalue weighted by molar-refractivity contribution is 0.0955. The van der Waals surface area contributed by atoms with Crippen LogP contribution >= 0.6 is 0 Å². The van der Waals surface area contributed by atoms with Crippen molar-refractivity contribution in [3.8, 4) is 11.5 Å². The van der Waals surface area contributed by atoms with Gasteiger partial charge in [0.2, 0.25) is 10.0 Å². The van der Waals surface area contributed by atoms with E-state index >= 15 is 0 Å². The summed E-state index contributed by atoms with van der Waals surface area (Å²) in [5.74, 6) is 0.854. The maximum Gasteiger partial charge on any atom is 0.251 e. The zero-order valence-electron chi connectivity index (χ0n) is 15.3. The van der Waals surface area contributed by atoms with E-state index in [9.17, 15) is 13.2 Å². The van der Waals surface area contributed by atoms with Crippen LogP contribution in [0, 0.1) is 6.92 Å². The average Bonchev–Trinajstić information content (AvgIpc) is 2.64. The van der Waals surface area contributed by atoms with Crippen molar-refractivity contribution in [1.29, 1.82) is 0 Å². The summed E-state index contributed by atoms with van der Waals surface area (Å²) in [6.07, 6.45) is 1.13. The molecule has 8 heteroatoms. The highest BCUT2D eigenvalue weighted by molar-refractivity contribution is 7.92. The van der Waals surface area contributed by atoms with Crippen LogP contribution in [0.4, 0.5) is 5.69 Å². The second-order valence-corrected chi connectivity index (χ2v) is 8.19. The van der Waals surface area contributed by atoms with Gasteiger partial charge in [0.15, 0.2) is 11.5 Å². The Bertz CT molecular complexity index is 926. The van der Waals surface area contributed by atoms with E-state index in [1.807, 2.05) is 19.1 Å². The van der Waals surface area contributed by atoms with E-state index in [2.05, 4.69) is 5.32 Å². The van der Waals surface area contributed by atoms with E-state index in [0.29, 0.717) is 36.0 Å². The standard InChI is InChI=1S/C19H22N2O5S/c1-14-3-5-15(6-4-14)19(22)20-9-10-21(27(2,23)24)16-7-8-17-18(13-16)26-12-11-25-17/h3-8,13H,9-12H2,1-2H3,(H,20,22). The second-order valence-electron chi connectivity index (χ2n) is 6.29. The summed E-state index contributed by atoms with van der Waals surface area (Å²) in [6.45, 7) is 3.11. The zero-order valence-corrected chi connectivity index (χ0v) is 16.1. The van der Waals surface area contributed by atoms with Crippen molar-refractivity contribution in [3.63, 3.8) is 0 Å². The summed E-state index contributed by atoms with van der Waals surface area (Å²) >= 11 is 0. The van der Waals surface area contributed by atoms with Crippen LogP contribution in [0.25, 0.3) is 0 Å². The summed E-state index contributed by atoms with van der Waals surface area (Å²) in [4.78, 5) is 12.2. The minimum atomic E-state index is -3.53. The lowest BCUT2D eigenvalue weighted by Crippen LogP contribution is -2.38. The molecule has 1 heterocycles. The molecule has 0 aliphatic carbocycles. The van der Waals surface area contributed by atoms with Gasteiger partial charge in [-0.15, -0.1) is 0 Å². The van der Waals surface area contributed by atoms with Crippen molar-refractivity contribution < 1.29 is 22.7 Å². The molecule has 27 heavy (non-hydrogen) atoms. The van der Waals surface area contributed by atoms with Gasteiger partial charge in [0.1, 0.15) is 13.2 Å². The molecule has 1 N–H and O–H groups in total. The first-order chi connectivity index (χ1) is 12.8. The van der Waals surface area contributed by atoms with Crippen LogP contribution in [0.2, 0.25) is 0 Å². The average molecular weight is 390 g/mol. The van der Waals surface area contributed by atoms with Gasteiger partial charge in [0.05, 0.1) is 18.5 Å². The van der Waals surface area contributed by atoms with Gasteiger partial charge < -0.3 is 14.8 Å². The molecule has 1 aliphatic rings. The van der Waals surface area contributed by atoms with E-state index in [1.54, 1.807) is 30.3 Å². The molecular weight excluding hydrogens is 368 g/mol. The minimum Gasteiger partial charge on any atom is -0.486 e. The maximum absolute atomic E-state index is 12.2. The molecule has 2 aromatic carbocycles. The van der Waals surface area contributed by atoms with Gasteiger partial charge >= 0.3 is 0 Å². The molecule has 0 saturated carbocycles. The van der Waals surface area contributed by atoms with Gasteiger partial charge in [-0.1, -0.05) is 17.7 Å². The lowest BCUT2D eigenvalue weighted by atomic mass is 10.1. The Morgan fingerprint density at radius 1 is 1.07 bits per heavy atom. The van der Waals surface area contributed by atoms with Crippen LogP contribution in [0.5, 0.6) is 11.5 Å². The van der Waals surface area contributed by atoms with E-state index < -0.39 is 10.0 Å². The molecule has 0 bridgehead atoms. The van der Waals surface area contributed by atoms with E-state index in [4.69, 9.17) is 9.47 Å². The van der Waals surface area contributed by atoms with Crippen molar-refractivity contribution in [2.24, 2.45) is 0 Å². The number of hydrogen-bond donors (Lipinski definition) is 1. The van der Waals surface area contributed by atoms with Crippen molar-refractivity contribution in [2.75, 3.05) is 36.9 Å². The molecule has 0 fully saturated rings. The quantitative estimate of drug-likeness (QED) is 0.815. The first kappa shape index (κ1) is 19.0. The third-order valence-electron chi connectivity index (χ3n) is 4.13. The molecule has 7 nitrogen and oxygen atoms in total. The summed E-state index contributed by atoms with van der Waals surface area (Å²) < 4.78 is 36.7. The number of nitrogens with zero attached hydrogens (tertiary/aromatic N) is 1. The fourth-order valence-corrected chi connectivity index (χ4v) is 3.67. The number of amides is 1. The normalized spacial score (nSPS) is 13.1. The van der Waals surface area contributed by atoms with Gasteiger partial charge in [0.25, 0.3) is 5.91 Å². The molecule has 0 radical (unpaired) electrons. The number of carbonyl (C=O) groups excluding carboxylic acids is 1. The Balaban J connectivity index is 1.69. The summed E-state index contributed by atoms with van der Waals surface area (Å²) in [5, 5.41) is 2.75. The lowest BCUT2D eigenvalue weighted by Gasteiger charge is -2.25. The Morgan fingerprint density at radius 2 is 1.74 bits per heavy atom. The highest BCUT2D eigenvalue weighted by atomic mass is 32.2. The number of anilines is 1. The minimum absolute atomic E-state index is 0.107. The molecule has 3 rings (SSSR count). The van der Waals surface area contributed by atoms with Crippen molar-refractivity contribution in [3.05, 3.63) is 53.6 Å². The molecule has 144 valence electrons. The topological polar surface area (TPSA) is 84.9 Å². The monoisotopic (exact) mass is 390 g/mol. The number of ether oxygens (including phenoxy) is 2. The highest BCUT2D eigenvalue weighted by Gasteiger charge is 2.21. The first-order valence-corrected chi connectivity index (χ1v) is 10.4. The molecule has 1 aliphatic heterocycles. The van der Waals surface area contributed by atoms with Crippen LogP contribution in [-0.4, -0.2) is 46.9 Å². The summed E-state index contributed by atoms with van der Waals surface area (Å²) in [5.41, 5.74) is 2.06. The smallest absolute Gasteiger partial charge is 0.251 e. The van der Waals surface area contributed by atoms with E-state index in [0.717, 1.165) is 11.8 Å². The Hall–Kier alpha value is -2.74. The largest absolute Gasteiger partial charge is 0.486 e. The van der Waals surface area contributed by atoms with Crippen LogP contribution in [-0.2, 0) is 10.0 Å². The molecule has 2 aromatic rings.